The van der Waals surface area contributed by atoms with Crippen LogP contribution in [0.4, 0.5) is 5.69 Å². The van der Waals surface area contributed by atoms with E-state index < -0.39 is 5.66 Å². The predicted octanol–water partition coefficient (Wildman–Crippen LogP) is 3.43. The van der Waals surface area contributed by atoms with E-state index in [-0.39, 0.29) is 30.7 Å². The van der Waals surface area contributed by atoms with E-state index in [4.69, 9.17) is 4.74 Å². The van der Waals surface area contributed by atoms with Gasteiger partial charge in [-0.3, -0.25) is 19.3 Å². The van der Waals surface area contributed by atoms with Gasteiger partial charge in [-0.15, -0.1) is 0 Å². The molecule has 7 nitrogen and oxygen atoms in total. The number of amides is 3. The molecule has 0 aromatic heterocycles. The summed E-state index contributed by atoms with van der Waals surface area (Å²) in [6.45, 7) is 5.08. The number of para-hydroxylation sites is 2. The lowest BCUT2D eigenvalue weighted by atomic mass is 9.98. The van der Waals surface area contributed by atoms with Gasteiger partial charge in [-0.25, -0.2) is 0 Å². The number of anilines is 1. The third-order valence-corrected chi connectivity index (χ3v) is 6.40. The van der Waals surface area contributed by atoms with Crippen molar-refractivity contribution in [2.45, 2.75) is 45.3 Å². The summed E-state index contributed by atoms with van der Waals surface area (Å²) >= 11 is 0. The van der Waals surface area contributed by atoms with E-state index in [0.29, 0.717) is 37.2 Å². The largest absolute Gasteiger partial charge is 0.494 e. The lowest BCUT2D eigenvalue weighted by Crippen LogP contribution is -2.62. The molecule has 0 saturated carbocycles. The summed E-state index contributed by atoms with van der Waals surface area (Å²) in [7, 11) is 1.76. The van der Waals surface area contributed by atoms with Gasteiger partial charge in [0.2, 0.25) is 11.8 Å². The lowest BCUT2D eigenvalue weighted by Gasteiger charge is -2.48. The van der Waals surface area contributed by atoms with Crippen LogP contribution < -0.4 is 9.64 Å². The highest BCUT2D eigenvalue weighted by Crippen LogP contribution is 2.44. The number of carbonyl (C=O) groups is 3. The normalized spacial score (nSPS) is 19.6. The molecule has 4 rings (SSSR count). The van der Waals surface area contributed by atoms with Crippen molar-refractivity contribution in [2.24, 2.45) is 0 Å². The molecule has 2 aromatic carbocycles. The van der Waals surface area contributed by atoms with Gasteiger partial charge in [0.25, 0.3) is 5.91 Å². The van der Waals surface area contributed by atoms with Crippen molar-refractivity contribution in [3.05, 3.63) is 59.7 Å². The summed E-state index contributed by atoms with van der Waals surface area (Å²) in [5.41, 5.74) is 1.36. The first-order chi connectivity index (χ1) is 15.4. The number of nitrogens with zero attached hydrogens (tertiary/aromatic N) is 3. The third kappa shape index (κ3) is 3.72. The zero-order valence-corrected chi connectivity index (χ0v) is 18.8. The first-order valence-electron chi connectivity index (χ1n) is 11.1. The molecule has 1 unspecified atom stereocenters. The summed E-state index contributed by atoms with van der Waals surface area (Å²) < 4.78 is 5.66. The van der Waals surface area contributed by atoms with Gasteiger partial charge < -0.3 is 14.5 Å². The minimum atomic E-state index is -0.747. The molecule has 7 heteroatoms. The molecule has 2 aliphatic heterocycles. The molecule has 0 bridgehead atoms. The minimum Gasteiger partial charge on any atom is -0.494 e. The molecule has 0 N–H and O–H groups in total. The fourth-order valence-corrected chi connectivity index (χ4v) is 4.71. The van der Waals surface area contributed by atoms with Gasteiger partial charge >= 0.3 is 0 Å². The van der Waals surface area contributed by atoms with Gasteiger partial charge in [-0.05, 0) is 38.5 Å². The maximum atomic E-state index is 13.3. The lowest BCUT2D eigenvalue weighted by molar-refractivity contribution is -0.130. The van der Waals surface area contributed by atoms with Crippen LogP contribution in [0.15, 0.2) is 48.5 Å². The van der Waals surface area contributed by atoms with Crippen LogP contribution in [-0.4, -0.2) is 53.4 Å². The highest BCUT2D eigenvalue weighted by molar-refractivity contribution is 6.10. The zero-order valence-electron chi connectivity index (χ0n) is 18.8. The smallest absolute Gasteiger partial charge is 0.257 e. The second kappa shape index (κ2) is 8.65. The van der Waals surface area contributed by atoms with Gasteiger partial charge in [0.15, 0.2) is 0 Å². The average molecular weight is 436 g/mol. The Morgan fingerprint density at radius 2 is 1.84 bits per heavy atom. The second-order valence-electron chi connectivity index (χ2n) is 8.46. The fourth-order valence-electron chi connectivity index (χ4n) is 4.71. The van der Waals surface area contributed by atoms with E-state index in [2.05, 4.69) is 0 Å². The molecule has 1 atom stereocenters. The number of benzene rings is 2. The Morgan fingerprint density at radius 3 is 2.62 bits per heavy atom. The van der Waals surface area contributed by atoms with Crippen molar-refractivity contribution in [3.8, 4) is 5.75 Å². The van der Waals surface area contributed by atoms with Crippen LogP contribution >= 0.6 is 0 Å². The zero-order chi connectivity index (χ0) is 22.9. The quantitative estimate of drug-likeness (QED) is 0.668. The van der Waals surface area contributed by atoms with Crippen LogP contribution in [0, 0.1) is 0 Å². The molecule has 0 radical (unpaired) electrons. The van der Waals surface area contributed by atoms with Crippen molar-refractivity contribution >= 4 is 23.4 Å². The number of fused-ring (bicyclic) bond motifs is 3. The summed E-state index contributed by atoms with van der Waals surface area (Å²) in [5.74, 6) is 0.576. The van der Waals surface area contributed by atoms with Crippen LogP contribution in [0.3, 0.4) is 0 Å². The van der Waals surface area contributed by atoms with Crippen LogP contribution in [0.1, 0.15) is 49.0 Å². The van der Waals surface area contributed by atoms with Crippen molar-refractivity contribution in [2.75, 3.05) is 25.1 Å². The SMILES string of the molecule is CCOc1ccccc1CN(C)C(=O)CCN1C(=O)c2ccccc2N2C(=O)CCC12C. The molecule has 168 valence electrons. The Balaban J connectivity index is 1.49. The molecule has 0 aliphatic carbocycles. The summed E-state index contributed by atoms with van der Waals surface area (Å²) in [6, 6.07) is 14.9. The van der Waals surface area contributed by atoms with E-state index in [0.717, 1.165) is 11.3 Å². The Kier molecular flexibility index (Phi) is 5.91. The van der Waals surface area contributed by atoms with E-state index in [1.807, 2.05) is 50.2 Å². The number of hydrogen-bond donors (Lipinski definition) is 0. The number of rotatable bonds is 7. The molecule has 1 fully saturated rings. The summed E-state index contributed by atoms with van der Waals surface area (Å²) in [5, 5.41) is 0. The molecule has 2 aliphatic rings. The number of hydrogen-bond acceptors (Lipinski definition) is 4. The van der Waals surface area contributed by atoms with Crippen LogP contribution in [-0.2, 0) is 16.1 Å². The highest BCUT2D eigenvalue weighted by atomic mass is 16.5. The highest BCUT2D eigenvalue weighted by Gasteiger charge is 2.52. The first kappa shape index (κ1) is 21.9. The van der Waals surface area contributed by atoms with Crippen LogP contribution in [0.2, 0.25) is 0 Å². The first-order valence-corrected chi connectivity index (χ1v) is 11.1. The Bertz CT molecular complexity index is 1050. The fraction of sp³-hybridized carbons (Fsp3) is 0.400. The van der Waals surface area contributed by atoms with Crippen molar-refractivity contribution in [1.82, 2.24) is 9.80 Å². The number of ether oxygens (including phenoxy) is 1. The van der Waals surface area contributed by atoms with E-state index in [1.165, 1.54) is 0 Å². The Hall–Kier alpha value is -3.35. The maximum absolute atomic E-state index is 13.3. The Labute approximate surface area is 188 Å². The topological polar surface area (TPSA) is 70.2 Å². The average Bonchev–Trinajstić information content (AvgIpc) is 3.10. The van der Waals surface area contributed by atoms with Crippen LogP contribution in [0.25, 0.3) is 0 Å². The van der Waals surface area contributed by atoms with Crippen molar-refractivity contribution in [1.29, 1.82) is 0 Å². The van der Waals surface area contributed by atoms with Gasteiger partial charge in [-0.1, -0.05) is 30.3 Å². The van der Waals surface area contributed by atoms with Crippen LogP contribution in [0.5, 0.6) is 5.75 Å². The Morgan fingerprint density at radius 1 is 1.12 bits per heavy atom. The van der Waals surface area contributed by atoms with Gasteiger partial charge in [0.05, 0.1) is 17.9 Å². The second-order valence-corrected chi connectivity index (χ2v) is 8.46. The minimum absolute atomic E-state index is 0.00780. The third-order valence-electron chi connectivity index (χ3n) is 6.40. The summed E-state index contributed by atoms with van der Waals surface area (Å²) in [4.78, 5) is 44.0. The monoisotopic (exact) mass is 435 g/mol. The predicted molar refractivity (Wildman–Crippen MR) is 121 cm³/mol. The van der Waals surface area contributed by atoms with Crippen molar-refractivity contribution < 1.29 is 19.1 Å². The standard InChI is InChI=1S/C25H29N3O4/c1-4-32-21-12-8-5-9-18(21)17-26(3)22(29)14-16-27-24(31)19-10-6-7-11-20(19)28-23(30)13-15-25(27,28)2/h5-12H,4,13-17H2,1-3H3. The molecule has 0 spiro atoms. The summed E-state index contributed by atoms with van der Waals surface area (Å²) in [6.07, 6.45) is 1.12. The molecule has 2 heterocycles. The van der Waals surface area contributed by atoms with Gasteiger partial charge in [0, 0.05) is 38.5 Å². The maximum Gasteiger partial charge on any atom is 0.257 e. The molecule has 32 heavy (non-hydrogen) atoms. The van der Waals surface area contributed by atoms with E-state index in [9.17, 15) is 14.4 Å². The molecule has 1 saturated heterocycles. The molecule has 3 amide bonds. The van der Waals surface area contributed by atoms with E-state index in [1.54, 1.807) is 33.9 Å². The van der Waals surface area contributed by atoms with Gasteiger partial charge in [0.1, 0.15) is 11.4 Å². The molecule has 2 aromatic rings. The van der Waals surface area contributed by atoms with E-state index >= 15 is 0 Å². The molecular weight excluding hydrogens is 406 g/mol. The van der Waals surface area contributed by atoms with Gasteiger partial charge in [-0.2, -0.15) is 0 Å². The number of carbonyl (C=O) groups excluding carboxylic acids is 3. The molecular formula is C25H29N3O4. The van der Waals surface area contributed by atoms with Crippen molar-refractivity contribution in [3.63, 3.8) is 0 Å².